The molecule has 0 spiro atoms. The summed E-state index contributed by atoms with van der Waals surface area (Å²) in [4.78, 5) is 28.0. The molecule has 0 fully saturated rings. The van der Waals surface area contributed by atoms with Crippen LogP contribution < -0.4 is 14.4 Å². The lowest BCUT2D eigenvalue weighted by Gasteiger charge is -2.32. The molecular formula is C26H35Cl2N3O5S. The van der Waals surface area contributed by atoms with Crippen LogP contribution in [0.4, 0.5) is 5.69 Å². The first kappa shape index (κ1) is 30.7. The molecular weight excluding hydrogens is 537 g/mol. The van der Waals surface area contributed by atoms with Crippen molar-refractivity contribution in [2.24, 2.45) is 0 Å². The summed E-state index contributed by atoms with van der Waals surface area (Å²) in [6.07, 6.45) is 1.72. The van der Waals surface area contributed by atoms with Crippen molar-refractivity contribution in [3.8, 4) is 5.75 Å². The number of hydrogen-bond acceptors (Lipinski definition) is 5. The van der Waals surface area contributed by atoms with Gasteiger partial charge in [-0.25, -0.2) is 8.42 Å². The molecule has 0 aromatic heterocycles. The number of methoxy groups -OCH3 is 1. The van der Waals surface area contributed by atoms with Gasteiger partial charge in [-0.05, 0) is 51.0 Å². The largest absolute Gasteiger partial charge is 0.495 e. The highest BCUT2D eigenvalue weighted by atomic mass is 35.5. The van der Waals surface area contributed by atoms with Gasteiger partial charge in [-0.3, -0.25) is 13.9 Å². The fraction of sp³-hybridized carbons (Fsp3) is 0.462. The van der Waals surface area contributed by atoms with Crippen LogP contribution in [0, 0.1) is 0 Å². The summed E-state index contributed by atoms with van der Waals surface area (Å²) >= 11 is 12.7. The second-order valence-electron chi connectivity index (χ2n) is 8.92. The number of sulfonamides is 1. The van der Waals surface area contributed by atoms with Gasteiger partial charge in [0.2, 0.25) is 21.8 Å². The lowest BCUT2D eigenvalue weighted by Crippen LogP contribution is -2.50. The highest BCUT2D eigenvalue weighted by molar-refractivity contribution is 7.92. The Kier molecular flexibility index (Phi) is 11.5. The topological polar surface area (TPSA) is 96.0 Å². The summed E-state index contributed by atoms with van der Waals surface area (Å²) in [6, 6.07) is 11.0. The fourth-order valence-electron chi connectivity index (χ4n) is 3.97. The van der Waals surface area contributed by atoms with Crippen LogP contribution in [0.2, 0.25) is 10.0 Å². The van der Waals surface area contributed by atoms with Crippen LogP contribution in [0.3, 0.4) is 0 Å². The van der Waals surface area contributed by atoms with E-state index in [1.807, 2.05) is 20.8 Å². The second kappa shape index (κ2) is 13.9. The number of nitrogens with zero attached hydrogens (tertiary/aromatic N) is 2. The summed E-state index contributed by atoms with van der Waals surface area (Å²) in [7, 11) is -2.18. The molecule has 37 heavy (non-hydrogen) atoms. The zero-order valence-corrected chi connectivity index (χ0v) is 24.2. The average Bonchev–Trinajstić information content (AvgIpc) is 2.82. The van der Waals surface area contributed by atoms with Gasteiger partial charge < -0.3 is 15.0 Å². The van der Waals surface area contributed by atoms with E-state index in [1.165, 1.54) is 16.3 Å². The van der Waals surface area contributed by atoms with Crippen molar-refractivity contribution in [3.63, 3.8) is 0 Å². The molecule has 1 N–H and O–H groups in total. The number of rotatable bonds is 13. The molecule has 11 heteroatoms. The molecule has 2 amide bonds. The van der Waals surface area contributed by atoms with Gasteiger partial charge in [0.1, 0.15) is 11.8 Å². The number of hydrogen-bond donors (Lipinski definition) is 1. The van der Waals surface area contributed by atoms with Crippen LogP contribution in [-0.4, -0.2) is 57.1 Å². The van der Waals surface area contributed by atoms with E-state index in [0.29, 0.717) is 33.5 Å². The molecule has 0 aliphatic rings. The van der Waals surface area contributed by atoms with Gasteiger partial charge >= 0.3 is 0 Å². The Balaban J connectivity index is 2.30. The maximum Gasteiger partial charge on any atom is 0.243 e. The number of amides is 2. The number of benzene rings is 2. The highest BCUT2D eigenvalue weighted by Gasteiger charge is 2.30. The van der Waals surface area contributed by atoms with Crippen molar-refractivity contribution < 1.29 is 22.7 Å². The van der Waals surface area contributed by atoms with Crippen molar-refractivity contribution in [1.82, 2.24) is 10.2 Å². The molecule has 0 aliphatic carbocycles. The average molecular weight is 573 g/mol. The molecule has 0 heterocycles. The van der Waals surface area contributed by atoms with Crippen molar-refractivity contribution >= 4 is 50.7 Å². The predicted octanol–water partition coefficient (Wildman–Crippen LogP) is 4.88. The minimum absolute atomic E-state index is 0.00863. The number of halogens is 2. The van der Waals surface area contributed by atoms with Crippen LogP contribution in [-0.2, 0) is 26.2 Å². The normalized spacial score (nSPS) is 12.2. The van der Waals surface area contributed by atoms with Crippen molar-refractivity contribution in [2.75, 3.05) is 24.2 Å². The van der Waals surface area contributed by atoms with Crippen LogP contribution >= 0.6 is 23.2 Å². The number of nitrogens with one attached hydrogen (secondary N) is 1. The van der Waals surface area contributed by atoms with E-state index in [2.05, 4.69) is 5.32 Å². The molecule has 2 aromatic carbocycles. The zero-order chi connectivity index (χ0) is 27.8. The Hall–Kier alpha value is -2.49. The maximum atomic E-state index is 13.5. The fourth-order valence-corrected chi connectivity index (χ4v) is 5.46. The number of carbonyl (C=O) groups is 2. The first-order chi connectivity index (χ1) is 17.4. The molecule has 0 aliphatic heterocycles. The molecule has 204 valence electrons. The molecule has 0 bridgehead atoms. The van der Waals surface area contributed by atoms with Crippen LogP contribution in [0.5, 0.6) is 5.75 Å². The predicted molar refractivity (Wildman–Crippen MR) is 149 cm³/mol. The minimum atomic E-state index is -3.65. The van der Waals surface area contributed by atoms with Crippen molar-refractivity contribution in [1.29, 1.82) is 0 Å². The first-order valence-corrected chi connectivity index (χ1v) is 14.6. The quantitative estimate of drug-likeness (QED) is 0.369. The van der Waals surface area contributed by atoms with Gasteiger partial charge in [0.15, 0.2) is 0 Å². The maximum absolute atomic E-state index is 13.5. The van der Waals surface area contributed by atoms with Gasteiger partial charge in [-0.1, -0.05) is 48.3 Å². The standard InChI is InChI=1S/C26H35Cl2N3O5S/c1-6-22(26(33)29-18(2)3)30(17-19-20(27)11-9-12-21(19)28)25(32)15-10-16-31(37(5,34)35)23-13-7-8-14-24(23)36-4/h7-9,11-14,18,22H,6,10,15-17H2,1-5H3,(H,29,33)/t22-/m1/s1. The third-order valence-corrected chi connectivity index (χ3v) is 7.60. The summed E-state index contributed by atoms with van der Waals surface area (Å²) in [5.74, 6) is -0.179. The third kappa shape index (κ3) is 8.51. The Bertz CT molecular complexity index is 1170. The summed E-state index contributed by atoms with van der Waals surface area (Å²) in [5.41, 5.74) is 0.934. The molecule has 2 rings (SSSR count). The molecule has 0 unspecified atom stereocenters. The van der Waals surface area contributed by atoms with E-state index < -0.39 is 16.1 Å². The Morgan fingerprint density at radius 2 is 1.68 bits per heavy atom. The summed E-state index contributed by atoms with van der Waals surface area (Å²) in [6.45, 7) is 5.62. The molecule has 0 saturated heterocycles. The number of para-hydroxylation sites is 2. The third-order valence-electron chi connectivity index (χ3n) is 5.71. The van der Waals surface area contributed by atoms with E-state index >= 15 is 0 Å². The highest BCUT2D eigenvalue weighted by Crippen LogP contribution is 2.30. The van der Waals surface area contributed by atoms with Gasteiger partial charge in [0, 0.05) is 41.2 Å². The van der Waals surface area contributed by atoms with E-state index in [4.69, 9.17) is 27.9 Å². The van der Waals surface area contributed by atoms with Crippen LogP contribution in [0.25, 0.3) is 0 Å². The van der Waals surface area contributed by atoms with Crippen molar-refractivity contribution in [2.45, 2.75) is 58.7 Å². The van der Waals surface area contributed by atoms with Gasteiger partial charge in [-0.15, -0.1) is 0 Å². The smallest absolute Gasteiger partial charge is 0.243 e. The first-order valence-electron chi connectivity index (χ1n) is 12.0. The van der Waals surface area contributed by atoms with E-state index in [9.17, 15) is 18.0 Å². The minimum Gasteiger partial charge on any atom is -0.495 e. The second-order valence-corrected chi connectivity index (χ2v) is 11.6. The Labute approximate surface area is 229 Å². The number of carbonyl (C=O) groups excluding carboxylic acids is 2. The zero-order valence-electron chi connectivity index (χ0n) is 21.8. The van der Waals surface area contributed by atoms with E-state index in [0.717, 1.165) is 6.26 Å². The van der Waals surface area contributed by atoms with E-state index in [1.54, 1.807) is 42.5 Å². The molecule has 1 atom stereocenters. The monoisotopic (exact) mass is 571 g/mol. The Morgan fingerprint density at radius 3 is 2.22 bits per heavy atom. The molecule has 0 radical (unpaired) electrons. The number of anilines is 1. The van der Waals surface area contributed by atoms with E-state index in [-0.39, 0.29) is 43.8 Å². The van der Waals surface area contributed by atoms with Crippen LogP contribution in [0.15, 0.2) is 42.5 Å². The molecule has 2 aromatic rings. The van der Waals surface area contributed by atoms with Gasteiger partial charge in [0.05, 0.1) is 19.1 Å². The lowest BCUT2D eigenvalue weighted by molar-refractivity contribution is -0.141. The van der Waals surface area contributed by atoms with Crippen molar-refractivity contribution in [3.05, 3.63) is 58.1 Å². The Morgan fingerprint density at radius 1 is 1.05 bits per heavy atom. The number of ether oxygens (including phenoxy) is 1. The van der Waals surface area contributed by atoms with Gasteiger partial charge in [0.25, 0.3) is 0 Å². The molecule has 0 saturated carbocycles. The van der Waals surface area contributed by atoms with Gasteiger partial charge in [-0.2, -0.15) is 0 Å². The lowest BCUT2D eigenvalue weighted by atomic mass is 10.1. The summed E-state index contributed by atoms with van der Waals surface area (Å²) in [5, 5.41) is 3.66. The molecule has 8 nitrogen and oxygen atoms in total. The SMILES string of the molecule is CC[C@H](C(=O)NC(C)C)N(Cc1c(Cl)cccc1Cl)C(=O)CCCN(c1ccccc1OC)S(C)(=O)=O. The van der Waals surface area contributed by atoms with Crippen LogP contribution in [0.1, 0.15) is 45.6 Å². The summed E-state index contributed by atoms with van der Waals surface area (Å²) < 4.78 is 31.7.